The van der Waals surface area contributed by atoms with Gasteiger partial charge in [-0.1, -0.05) is 193 Å². The molecule has 6 heteroatoms. The number of carbonyl (C=O) groups excluding carboxylic acids is 1. The topological polar surface area (TPSA) is 57.1 Å². The highest BCUT2D eigenvalue weighted by Crippen LogP contribution is 2.19. The van der Waals surface area contributed by atoms with Crippen LogP contribution in [0.5, 0.6) is 0 Å². The molecule has 0 aliphatic rings. The first-order valence-electron chi connectivity index (χ1n) is 19.4. The maximum Gasteiger partial charge on any atom is 0.500 e. The summed E-state index contributed by atoms with van der Waals surface area (Å²) < 4.78 is 16.5. The van der Waals surface area contributed by atoms with Crippen LogP contribution < -0.4 is 0 Å². The van der Waals surface area contributed by atoms with Crippen molar-refractivity contribution >= 4 is 14.9 Å². The largest absolute Gasteiger partial charge is 0.500 e. The normalized spacial score (nSPS) is 11.7. The van der Waals surface area contributed by atoms with Gasteiger partial charge >= 0.3 is 8.80 Å². The molecule has 0 heterocycles. The van der Waals surface area contributed by atoms with Gasteiger partial charge in [0.15, 0.2) is 0 Å². The van der Waals surface area contributed by atoms with Gasteiger partial charge in [-0.05, 0) is 12.8 Å². The van der Waals surface area contributed by atoms with Crippen LogP contribution in [-0.4, -0.2) is 42.8 Å². The fourth-order valence-corrected chi connectivity index (χ4v) is 8.23. The second kappa shape index (κ2) is 36.9. The van der Waals surface area contributed by atoms with Crippen LogP contribution in [0.4, 0.5) is 0 Å². The number of isocyanates is 1. The zero-order valence-corrected chi connectivity index (χ0v) is 31.1. The van der Waals surface area contributed by atoms with Crippen molar-refractivity contribution in [2.24, 2.45) is 4.99 Å². The van der Waals surface area contributed by atoms with Gasteiger partial charge in [0.25, 0.3) is 0 Å². The molecule has 0 spiro atoms. The van der Waals surface area contributed by atoms with E-state index in [4.69, 9.17) is 13.3 Å². The van der Waals surface area contributed by atoms with Gasteiger partial charge in [-0.25, -0.2) is 9.79 Å². The average molecular weight is 640 g/mol. The molecule has 0 aromatic rings. The van der Waals surface area contributed by atoms with E-state index in [2.05, 4.69) is 4.99 Å². The molecular weight excluding hydrogens is 563 g/mol. The molecule has 0 fully saturated rings. The van der Waals surface area contributed by atoms with Gasteiger partial charge in [-0.3, -0.25) is 0 Å². The molecule has 0 rings (SSSR count). The van der Waals surface area contributed by atoms with Crippen LogP contribution >= 0.6 is 0 Å². The SMILES string of the molecule is CO[Si](CCCCCCCCCCCCCCCCCCCCCCCCCCCCCCCCCCN=C=O)(OC)OC. The van der Waals surface area contributed by atoms with Crippen molar-refractivity contribution < 1.29 is 18.1 Å². The number of hydrogen-bond donors (Lipinski definition) is 0. The summed E-state index contributed by atoms with van der Waals surface area (Å²) in [6.45, 7) is 0.665. The van der Waals surface area contributed by atoms with Crippen LogP contribution in [0.2, 0.25) is 6.04 Å². The minimum absolute atomic E-state index is 0.665. The zero-order chi connectivity index (χ0) is 32.1. The Labute approximate surface area is 276 Å². The van der Waals surface area contributed by atoms with Gasteiger partial charge in [0.05, 0.1) is 6.54 Å². The highest BCUT2D eigenvalue weighted by molar-refractivity contribution is 6.60. The van der Waals surface area contributed by atoms with Crippen LogP contribution in [-0.2, 0) is 18.1 Å². The summed E-state index contributed by atoms with van der Waals surface area (Å²) in [5.74, 6) is 0. The molecule has 0 aromatic carbocycles. The average Bonchev–Trinajstić information content (AvgIpc) is 3.05. The first-order valence-corrected chi connectivity index (χ1v) is 21.4. The predicted octanol–water partition coefficient (Wildman–Crippen LogP) is 12.7. The first-order chi connectivity index (χ1) is 21.7. The van der Waals surface area contributed by atoms with Crippen LogP contribution in [0.3, 0.4) is 0 Å². The molecule has 0 unspecified atom stereocenters. The summed E-state index contributed by atoms with van der Waals surface area (Å²) in [5, 5.41) is 0. The van der Waals surface area contributed by atoms with E-state index in [1.54, 1.807) is 27.4 Å². The summed E-state index contributed by atoms with van der Waals surface area (Å²) >= 11 is 0. The Morgan fingerprint density at radius 1 is 0.364 bits per heavy atom. The third-order valence-corrected chi connectivity index (χ3v) is 12.3. The fraction of sp³-hybridized carbons (Fsp3) is 0.974. The lowest BCUT2D eigenvalue weighted by Crippen LogP contribution is -2.42. The van der Waals surface area contributed by atoms with E-state index in [1.807, 2.05) is 0 Å². The highest BCUT2D eigenvalue weighted by Gasteiger charge is 2.36. The fourth-order valence-electron chi connectivity index (χ4n) is 6.44. The molecule has 0 aliphatic carbocycles. The molecule has 0 saturated heterocycles. The Morgan fingerprint density at radius 2 is 0.568 bits per heavy atom. The van der Waals surface area contributed by atoms with Crippen molar-refractivity contribution in [2.75, 3.05) is 27.9 Å². The summed E-state index contributed by atoms with van der Waals surface area (Å²) in [7, 11) is 2.77. The number of rotatable bonds is 38. The maximum atomic E-state index is 10.0. The molecule has 0 N–H and O–H groups in total. The van der Waals surface area contributed by atoms with E-state index >= 15 is 0 Å². The molecule has 0 saturated carbocycles. The minimum Gasteiger partial charge on any atom is -0.377 e. The lowest BCUT2D eigenvalue weighted by molar-refractivity contribution is 0.122. The summed E-state index contributed by atoms with van der Waals surface area (Å²) in [5.41, 5.74) is 0. The first kappa shape index (κ1) is 43.5. The summed E-state index contributed by atoms with van der Waals surface area (Å²) in [6.07, 6.45) is 46.2. The monoisotopic (exact) mass is 640 g/mol. The van der Waals surface area contributed by atoms with E-state index in [9.17, 15) is 4.79 Å². The van der Waals surface area contributed by atoms with Crippen LogP contribution in [0.25, 0.3) is 0 Å². The van der Waals surface area contributed by atoms with E-state index in [1.165, 1.54) is 193 Å². The van der Waals surface area contributed by atoms with Crippen molar-refractivity contribution in [3.8, 4) is 0 Å². The smallest absolute Gasteiger partial charge is 0.377 e. The van der Waals surface area contributed by atoms with Gasteiger partial charge in [-0.15, -0.1) is 0 Å². The van der Waals surface area contributed by atoms with Crippen molar-refractivity contribution in [1.82, 2.24) is 0 Å². The quantitative estimate of drug-likeness (QED) is 0.0292. The van der Waals surface area contributed by atoms with Gasteiger partial charge in [0, 0.05) is 27.4 Å². The van der Waals surface area contributed by atoms with Gasteiger partial charge in [-0.2, -0.15) is 0 Å². The molecule has 5 nitrogen and oxygen atoms in total. The molecule has 0 aliphatic heterocycles. The predicted molar refractivity (Wildman–Crippen MR) is 192 cm³/mol. The minimum atomic E-state index is -2.35. The van der Waals surface area contributed by atoms with E-state index in [0.29, 0.717) is 6.54 Å². The summed E-state index contributed by atoms with van der Waals surface area (Å²) in [4.78, 5) is 13.6. The molecule has 0 radical (unpaired) electrons. The third kappa shape index (κ3) is 31.5. The molecule has 0 atom stereocenters. The molecule has 262 valence electrons. The number of unbranched alkanes of at least 4 members (excludes halogenated alkanes) is 31. The second-order valence-corrected chi connectivity index (χ2v) is 16.4. The number of aliphatic imine (C=N–C) groups is 1. The Bertz CT molecular complexity index is 587. The van der Waals surface area contributed by atoms with E-state index in [-0.39, 0.29) is 0 Å². The van der Waals surface area contributed by atoms with Crippen molar-refractivity contribution in [1.29, 1.82) is 0 Å². The molecule has 0 aromatic heterocycles. The van der Waals surface area contributed by atoms with Crippen LogP contribution in [0.15, 0.2) is 4.99 Å². The molecule has 0 bridgehead atoms. The zero-order valence-electron chi connectivity index (χ0n) is 30.1. The highest BCUT2D eigenvalue weighted by atomic mass is 28.4. The lowest BCUT2D eigenvalue weighted by atomic mass is 10.0. The van der Waals surface area contributed by atoms with E-state index in [0.717, 1.165) is 18.9 Å². The third-order valence-electron chi connectivity index (χ3n) is 9.50. The number of nitrogens with zero attached hydrogens (tertiary/aromatic N) is 1. The van der Waals surface area contributed by atoms with Gasteiger partial charge in [0.1, 0.15) is 0 Å². The standard InChI is InChI=1S/C38H77NO4Si/c1-41-44(42-2,43-3)37-35-33-31-29-27-25-23-21-19-17-15-13-11-9-7-5-4-6-8-10-12-14-16-18-20-22-24-26-28-30-32-34-36-39-38-40/h4-37H2,1-3H3. The Balaban J connectivity index is 3.12. The van der Waals surface area contributed by atoms with Crippen LogP contribution in [0, 0.1) is 0 Å². The van der Waals surface area contributed by atoms with Crippen molar-refractivity contribution in [2.45, 2.75) is 212 Å². The Kier molecular flexibility index (Phi) is 36.5. The second-order valence-electron chi connectivity index (χ2n) is 13.3. The maximum absolute atomic E-state index is 10.0. The van der Waals surface area contributed by atoms with Gasteiger partial charge in [0.2, 0.25) is 6.08 Å². The molecule has 44 heavy (non-hydrogen) atoms. The summed E-state index contributed by atoms with van der Waals surface area (Å²) in [6, 6.07) is 0.935. The van der Waals surface area contributed by atoms with Crippen molar-refractivity contribution in [3.05, 3.63) is 0 Å². The Hall–Kier alpha value is -0.523. The molecular formula is C38H77NO4Si. The number of hydrogen-bond acceptors (Lipinski definition) is 5. The van der Waals surface area contributed by atoms with Crippen LogP contribution in [0.1, 0.15) is 205 Å². The van der Waals surface area contributed by atoms with Crippen molar-refractivity contribution in [3.63, 3.8) is 0 Å². The lowest BCUT2D eigenvalue weighted by Gasteiger charge is -2.24. The van der Waals surface area contributed by atoms with Gasteiger partial charge < -0.3 is 13.3 Å². The molecule has 0 amide bonds. The Morgan fingerprint density at radius 3 is 0.773 bits per heavy atom. The van der Waals surface area contributed by atoms with E-state index < -0.39 is 8.80 Å².